The number of hydrogen-bond acceptors (Lipinski definition) is 3. The number of nitrogen functional groups attached to an aromatic ring is 1. The maximum absolute atomic E-state index is 13.5. The fourth-order valence-electron chi connectivity index (χ4n) is 2.00. The lowest BCUT2D eigenvalue weighted by Crippen LogP contribution is -2.42. The Kier molecular flexibility index (Phi) is 4.73. The number of anilines is 2. The molecule has 6 heteroatoms. The zero-order chi connectivity index (χ0) is 16.1. The van der Waals surface area contributed by atoms with Gasteiger partial charge in [0.15, 0.2) is 0 Å². The van der Waals surface area contributed by atoms with E-state index in [1.165, 1.54) is 19.1 Å². The fourth-order valence-corrected chi connectivity index (χ4v) is 2.00. The first-order chi connectivity index (χ1) is 10.5. The van der Waals surface area contributed by atoms with Crippen LogP contribution >= 0.6 is 0 Å². The van der Waals surface area contributed by atoms with Gasteiger partial charge in [-0.2, -0.15) is 0 Å². The van der Waals surface area contributed by atoms with E-state index in [4.69, 9.17) is 5.73 Å². The summed E-state index contributed by atoms with van der Waals surface area (Å²) >= 11 is 0. The smallest absolute Gasteiger partial charge is 0.329 e. The summed E-state index contributed by atoms with van der Waals surface area (Å²) in [7, 11) is 0. The van der Waals surface area contributed by atoms with Gasteiger partial charge in [0, 0.05) is 24.7 Å². The Hall–Kier alpha value is -2.89. The van der Waals surface area contributed by atoms with Crippen molar-refractivity contribution in [2.24, 2.45) is 0 Å². The van der Waals surface area contributed by atoms with E-state index in [9.17, 15) is 14.0 Å². The first-order valence-corrected chi connectivity index (χ1v) is 6.66. The number of rotatable bonds is 3. The van der Waals surface area contributed by atoms with Gasteiger partial charge in [-0.15, -0.1) is 0 Å². The molecule has 0 spiro atoms. The molecule has 2 rings (SSSR count). The molecule has 0 unspecified atom stereocenters. The quantitative estimate of drug-likeness (QED) is 0.856. The SMILES string of the molecule is CC(=O)N(C(=O)NCc1ccccc1F)c1cccc(N)c1. The molecule has 0 saturated carbocycles. The van der Waals surface area contributed by atoms with E-state index >= 15 is 0 Å². The van der Waals surface area contributed by atoms with Crippen LogP contribution in [-0.2, 0) is 11.3 Å². The summed E-state index contributed by atoms with van der Waals surface area (Å²) in [6.45, 7) is 1.25. The number of halogens is 1. The zero-order valence-electron chi connectivity index (χ0n) is 12.0. The van der Waals surface area contributed by atoms with Crippen molar-refractivity contribution in [1.82, 2.24) is 5.32 Å². The van der Waals surface area contributed by atoms with Crippen molar-refractivity contribution >= 4 is 23.3 Å². The van der Waals surface area contributed by atoms with Crippen molar-refractivity contribution < 1.29 is 14.0 Å². The Morgan fingerprint density at radius 3 is 2.55 bits per heavy atom. The molecule has 0 aliphatic carbocycles. The number of nitrogens with one attached hydrogen (secondary N) is 1. The third kappa shape index (κ3) is 3.60. The van der Waals surface area contributed by atoms with Gasteiger partial charge in [0.05, 0.1) is 5.69 Å². The number of urea groups is 1. The molecule has 0 radical (unpaired) electrons. The van der Waals surface area contributed by atoms with Crippen LogP contribution in [0.15, 0.2) is 48.5 Å². The predicted molar refractivity (Wildman–Crippen MR) is 82.7 cm³/mol. The van der Waals surface area contributed by atoms with Crippen LogP contribution in [0.1, 0.15) is 12.5 Å². The topological polar surface area (TPSA) is 75.4 Å². The van der Waals surface area contributed by atoms with Gasteiger partial charge < -0.3 is 11.1 Å². The van der Waals surface area contributed by atoms with E-state index in [-0.39, 0.29) is 6.54 Å². The van der Waals surface area contributed by atoms with Crippen molar-refractivity contribution in [1.29, 1.82) is 0 Å². The lowest BCUT2D eigenvalue weighted by atomic mass is 10.2. The van der Waals surface area contributed by atoms with Gasteiger partial charge in [0.25, 0.3) is 0 Å². The Bertz CT molecular complexity index is 703. The van der Waals surface area contributed by atoms with Gasteiger partial charge in [0.1, 0.15) is 5.82 Å². The molecule has 5 nitrogen and oxygen atoms in total. The van der Waals surface area contributed by atoms with Gasteiger partial charge in [0.2, 0.25) is 5.91 Å². The Morgan fingerprint density at radius 1 is 1.18 bits per heavy atom. The first-order valence-electron chi connectivity index (χ1n) is 6.66. The highest BCUT2D eigenvalue weighted by molar-refractivity contribution is 6.13. The number of carbonyl (C=O) groups is 2. The summed E-state index contributed by atoms with van der Waals surface area (Å²) in [6.07, 6.45) is 0. The Morgan fingerprint density at radius 2 is 1.91 bits per heavy atom. The second-order valence-corrected chi connectivity index (χ2v) is 4.70. The molecular weight excluding hydrogens is 285 g/mol. The van der Waals surface area contributed by atoms with Crippen molar-refractivity contribution in [2.45, 2.75) is 13.5 Å². The molecule has 0 aliphatic heterocycles. The molecule has 0 atom stereocenters. The molecule has 0 bridgehead atoms. The van der Waals surface area contributed by atoms with Gasteiger partial charge in [-0.05, 0) is 24.3 Å². The summed E-state index contributed by atoms with van der Waals surface area (Å²) in [5.74, 6) is -0.877. The minimum Gasteiger partial charge on any atom is -0.399 e. The van der Waals surface area contributed by atoms with Gasteiger partial charge in [-0.25, -0.2) is 14.1 Å². The predicted octanol–water partition coefficient (Wildman–Crippen LogP) is 2.67. The van der Waals surface area contributed by atoms with Gasteiger partial charge in [-0.1, -0.05) is 24.3 Å². The summed E-state index contributed by atoms with van der Waals surface area (Å²) in [5.41, 5.74) is 6.80. The third-order valence-corrected chi connectivity index (χ3v) is 3.03. The first kappa shape index (κ1) is 15.5. The molecule has 0 heterocycles. The molecular formula is C16H16FN3O2. The molecule has 2 aromatic carbocycles. The molecule has 0 saturated heterocycles. The van der Waals surface area contributed by atoms with Crippen molar-refractivity contribution in [3.63, 3.8) is 0 Å². The summed E-state index contributed by atoms with van der Waals surface area (Å²) in [5, 5.41) is 2.52. The van der Waals surface area contributed by atoms with Crippen LogP contribution in [0.2, 0.25) is 0 Å². The summed E-state index contributed by atoms with van der Waals surface area (Å²) in [4.78, 5) is 24.9. The zero-order valence-corrected chi connectivity index (χ0v) is 12.0. The highest BCUT2D eigenvalue weighted by Crippen LogP contribution is 2.18. The lowest BCUT2D eigenvalue weighted by Gasteiger charge is -2.20. The van der Waals surface area contributed by atoms with Crippen LogP contribution in [0.5, 0.6) is 0 Å². The standard InChI is InChI=1S/C16H16FN3O2/c1-11(21)20(14-7-4-6-13(18)9-14)16(22)19-10-12-5-2-3-8-15(12)17/h2-9H,10,18H2,1H3,(H,19,22). The van der Waals surface area contributed by atoms with E-state index in [0.29, 0.717) is 16.9 Å². The Labute approximate surface area is 127 Å². The maximum Gasteiger partial charge on any atom is 0.329 e. The number of benzene rings is 2. The highest BCUT2D eigenvalue weighted by atomic mass is 19.1. The Balaban J connectivity index is 2.14. The molecule has 22 heavy (non-hydrogen) atoms. The van der Waals surface area contributed by atoms with E-state index < -0.39 is 17.8 Å². The van der Waals surface area contributed by atoms with E-state index in [0.717, 1.165) is 4.90 Å². The van der Waals surface area contributed by atoms with E-state index in [2.05, 4.69) is 5.32 Å². The van der Waals surface area contributed by atoms with Crippen LogP contribution in [-0.4, -0.2) is 11.9 Å². The average molecular weight is 301 g/mol. The highest BCUT2D eigenvalue weighted by Gasteiger charge is 2.20. The summed E-state index contributed by atoms with van der Waals surface area (Å²) in [6, 6.07) is 11.9. The lowest BCUT2D eigenvalue weighted by molar-refractivity contribution is -0.115. The van der Waals surface area contributed by atoms with Crippen LogP contribution in [0.4, 0.5) is 20.6 Å². The molecule has 114 valence electrons. The van der Waals surface area contributed by atoms with Crippen LogP contribution < -0.4 is 16.0 Å². The molecule has 2 aromatic rings. The number of amides is 3. The second kappa shape index (κ2) is 6.71. The number of carbonyl (C=O) groups excluding carboxylic acids is 2. The number of imide groups is 1. The normalized spacial score (nSPS) is 10.1. The van der Waals surface area contributed by atoms with Crippen LogP contribution in [0.25, 0.3) is 0 Å². The van der Waals surface area contributed by atoms with Crippen molar-refractivity contribution in [2.75, 3.05) is 10.6 Å². The molecule has 3 amide bonds. The van der Waals surface area contributed by atoms with Crippen molar-refractivity contribution in [3.8, 4) is 0 Å². The molecule has 3 N–H and O–H groups in total. The monoisotopic (exact) mass is 301 g/mol. The average Bonchev–Trinajstić information content (AvgIpc) is 2.46. The molecule has 0 aromatic heterocycles. The van der Waals surface area contributed by atoms with E-state index in [1.54, 1.807) is 36.4 Å². The number of nitrogens with two attached hydrogens (primary N) is 1. The minimum atomic E-state index is -0.638. The fraction of sp³-hybridized carbons (Fsp3) is 0.125. The van der Waals surface area contributed by atoms with Crippen molar-refractivity contribution in [3.05, 3.63) is 59.9 Å². The maximum atomic E-state index is 13.5. The number of nitrogens with zero attached hydrogens (tertiary/aromatic N) is 1. The van der Waals surface area contributed by atoms with Crippen LogP contribution in [0, 0.1) is 5.82 Å². The minimum absolute atomic E-state index is 0.0163. The van der Waals surface area contributed by atoms with E-state index in [1.807, 2.05) is 0 Å². The van der Waals surface area contributed by atoms with Gasteiger partial charge >= 0.3 is 6.03 Å². The summed E-state index contributed by atoms with van der Waals surface area (Å²) < 4.78 is 13.5. The number of hydrogen-bond donors (Lipinski definition) is 2. The second-order valence-electron chi connectivity index (χ2n) is 4.70. The van der Waals surface area contributed by atoms with Crippen LogP contribution in [0.3, 0.4) is 0 Å². The molecule has 0 aliphatic rings. The van der Waals surface area contributed by atoms with Gasteiger partial charge in [-0.3, -0.25) is 4.79 Å². The third-order valence-electron chi connectivity index (χ3n) is 3.03. The molecule has 0 fully saturated rings. The largest absolute Gasteiger partial charge is 0.399 e.